The third-order valence-electron chi connectivity index (χ3n) is 2.37. The zero-order chi connectivity index (χ0) is 13.7. The Hall–Kier alpha value is -1.62. The van der Waals surface area contributed by atoms with E-state index in [1.807, 2.05) is 13.8 Å². The molecule has 1 atom stereocenters. The molecule has 0 bridgehead atoms. The lowest BCUT2D eigenvalue weighted by molar-refractivity contribution is -0.144. The molecule has 100 valence electrons. The van der Waals surface area contributed by atoms with E-state index in [0.29, 0.717) is 17.9 Å². The van der Waals surface area contributed by atoms with Crippen molar-refractivity contribution < 1.29 is 19.0 Å². The number of carboxylic acids is 1. The summed E-state index contributed by atoms with van der Waals surface area (Å²) in [5.74, 6) is -1.03. The molecule has 1 aromatic carbocycles. The van der Waals surface area contributed by atoms with E-state index in [4.69, 9.17) is 9.84 Å². The first-order valence-electron chi connectivity index (χ1n) is 5.81. The van der Waals surface area contributed by atoms with Crippen molar-refractivity contribution in [1.82, 2.24) is 5.32 Å². The van der Waals surface area contributed by atoms with Gasteiger partial charge in [-0.05, 0) is 25.1 Å². The fourth-order valence-electron chi connectivity index (χ4n) is 1.36. The average Bonchev–Trinajstić information content (AvgIpc) is 2.29. The number of ether oxygens (including phenoxy) is 1. The summed E-state index contributed by atoms with van der Waals surface area (Å²) >= 11 is 0. The number of carbonyl (C=O) groups is 1. The molecule has 0 aromatic heterocycles. The van der Waals surface area contributed by atoms with E-state index < -0.39 is 12.1 Å². The minimum atomic E-state index is -1.05. The van der Waals surface area contributed by atoms with Gasteiger partial charge in [-0.2, -0.15) is 0 Å². The smallest absolute Gasteiger partial charge is 0.344 e. The Morgan fingerprint density at radius 3 is 2.67 bits per heavy atom. The normalized spacial score (nSPS) is 12.5. The van der Waals surface area contributed by atoms with Crippen molar-refractivity contribution >= 4 is 5.97 Å². The number of hydrogen-bond donors (Lipinski definition) is 2. The number of rotatable bonds is 6. The lowest BCUT2D eigenvalue weighted by Gasteiger charge is -2.16. The Bertz CT molecular complexity index is 421. The monoisotopic (exact) mass is 255 g/mol. The quantitative estimate of drug-likeness (QED) is 0.818. The highest BCUT2D eigenvalue weighted by atomic mass is 19.1. The van der Waals surface area contributed by atoms with Crippen LogP contribution in [0.5, 0.6) is 5.75 Å². The average molecular weight is 255 g/mol. The molecule has 0 amide bonds. The second-order valence-corrected chi connectivity index (χ2v) is 4.39. The van der Waals surface area contributed by atoms with Crippen molar-refractivity contribution in [3.05, 3.63) is 29.6 Å². The fraction of sp³-hybridized carbons (Fsp3) is 0.462. The molecule has 1 unspecified atom stereocenters. The van der Waals surface area contributed by atoms with Crippen LogP contribution in [0.4, 0.5) is 4.39 Å². The molecule has 0 aliphatic carbocycles. The second kappa shape index (κ2) is 6.35. The summed E-state index contributed by atoms with van der Waals surface area (Å²) < 4.78 is 18.5. The topological polar surface area (TPSA) is 58.6 Å². The largest absolute Gasteiger partial charge is 0.479 e. The van der Waals surface area contributed by atoms with Crippen LogP contribution in [0.3, 0.4) is 0 Å². The summed E-state index contributed by atoms with van der Waals surface area (Å²) in [4.78, 5) is 10.7. The van der Waals surface area contributed by atoms with Gasteiger partial charge in [0.25, 0.3) is 0 Å². The van der Waals surface area contributed by atoms with E-state index in [1.165, 1.54) is 25.1 Å². The molecule has 0 spiro atoms. The van der Waals surface area contributed by atoms with Gasteiger partial charge in [0.2, 0.25) is 0 Å². The van der Waals surface area contributed by atoms with Crippen molar-refractivity contribution in [2.75, 3.05) is 0 Å². The molecule has 0 aliphatic heterocycles. The van der Waals surface area contributed by atoms with Crippen LogP contribution in [0.25, 0.3) is 0 Å². The van der Waals surface area contributed by atoms with Crippen LogP contribution in [0.2, 0.25) is 0 Å². The number of aliphatic carboxylic acids is 1. The van der Waals surface area contributed by atoms with Crippen LogP contribution >= 0.6 is 0 Å². The molecule has 4 nitrogen and oxygen atoms in total. The third-order valence-corrected chi connectivity index (χ3v) is 2.37. The van der Waals surface area contributed by atoms with Gasteiger partial charge in [0.1, 0.15) is 11.6 Å². The molecule has 5 heteroatoms. The first kappa shape index (κ1) is 14.4. The third kappa shape index (κ3) is 4.33. The second-order valence-electron chi connectivity index (χ2n) is 4.39. The maximum Gasteiger partial charge on any atom is 0.344 e. The highest BCUT2D eigenvalue weighted by molar-refractivity contribution is 5.72. The molecular weight excluding hydrogens is 237 g/mol. The van der Waals surface area contributed by atoms with E-state index in [0.717, 1.165) is 0 Å². The van der Waals surface area contributed by atoms with Crippen LogP contribution < -0.4 is 10.1 Å². The van der Waals surface area contributed by atoms with Crippen LogP contribution in [-0.2, 0) is 11.3 Å². The molecule has 0 radical (unpaired) electrons. The minimum Gasteiger partial charge on any atom is -0.479 e. The van der Waals surface area contributed by atoms with Crippen molar-refractivity contribution in [2.24, 2.45) is 0 Å². The van der Waals surface area contributed by atoms with E-state index in [2.05, 4.69) is 5.32 Å². The van der Waals surface area contributed by atoms with E-state index in [1.54, 1.807) is 0 Å². The SMILES string of the molecule is CC(C)NCc1cc(F)ccc1OC(C)C(=O)O. The maximum atomic E-state index is 13.2. The van der Waals surface area contributed by atoms with Crippen LogP contribution in [0.1, 0.15) is 26.3 Å². The Balaban J connectivity index is 2.85. The van der Waals surface area contributed by atoms with Crippen LogP contribution in [-0.4, -0.2) is 23.2 Å². The van der Waals surface area contributed by atoms with Gasteiger partial charge in [0.15, 0.2) is 6.10 Å². The van der Waals surface area contributed by atoms with Crippen LogP contribution in [0.15, 0.2) is 18.2 Å². The molecule has 2 N–H and O–H groups in total. The molecule has 1 aromatic rings. The van der Waals surface area contributed by atoms with E-state index in [-0.39, 0.29) is 11.9 Å². The Kier molecular flexibility index (Phi) is 5.09. The van der Waals surface area contributed by atoms with Crippen molar-refractivity contribution in [2.45, 2.75) is 39.5 Å². The van der Waals surface area contributed by atoms with Crippen molar-refractivity contribution in [3.8, 4) is 5.75 Å². The highest BCUT2D eigenvalue weighted by Crippen LogP contribution is 2.21. The van der Waals surface area contributed by atoms with Gasteiger partial charge in [0.05, 0.1) is 0 Å². The first-order valence-corrected chi connectivity index (χ1v) is 5.81. The molecule has 0 aliphatic rings. The highest BCUT2D eigenvalue weighted by Gasteiger charge is 2.15. The molecule has 0 saturated carbocycles. The minimum absolute atomic E-state index is 0.248. The standard InChI is InChI=1S/C13H18FNO3/c1-8(2)15-7-10-6-11(14)4-5-12(10)18-9(3)13(16)17/h4-6,8-9,15H,7H2,1-3H3,(H,16,17). The zero-order valence-corrected chi connectivity index (χ0v) is 10.7. The van der Waals surface area contributed by atoms with Crippen molar-refractivity contribution in [3.63, 3.8) is 0 Å². The summed E-state index contributed by atoms with van der Waals surface area (Å²) in [6.07, 6.45) is -0.965. The summed E-state index contributed by atoms with van der Waals surface area (Å²) in [7, 11) is 0. The molecule has 18 heavy (non-hydrogen) atoms. The zero-order valence-electron chi connectivity index (χ0n) is 10.7. The van der Waals surface area contributed by atoms with Gasteiger partial charge in [-0.3, -0.25) is 0 Å². The molecule has 1 rings (SSSR count). The number of hydrogen-bond acceptors (Lipinski definition) is 3. The fourth-order valence-corrected chi connectivity index (χ4v) is 1.36. The number of carboxylic acid groups (broad SMARTS) is 1. The van der Waals surface area contributed by atoms with Crippen LogP contribution in [0, 0.1) is 5.82 Å². The Morgan fingerprint density at radius 1 is 1.44 bits per heavy atom. The number of benzene rings is 1. The molecular formula is C13H18FNO3. The lowest BCUT2D eigenvalue weighted by atomic mass is 10.2. The van der Waals surface area contributed by atoms with E-state index >= 15 is 0 Å². The lowest BCUT2D eigenvalue weighted by Crippen LogP contribution is -2.25. The maximum absolute atomic E-state index is 13.2. The van der Waals surface area contributed by atoms with Gasteiger partial charge < -0.3 is 15.2 Å². The molecule has 0 saturated heterocycles. The Morgan fingerprint density at radius 2 is 2.11 bits per heavy atom. The van der Waals surface area contributed by atoms with Gasteiger partial charge in [-0.15, -0.1) is 0 Å². The van der Waals surface area contributed by atoms with Gasteiger partial charge >= 0.3 is 5.97 Å². The predicted octanol–water partition coefficient (Wildman–Crippen LogP) is 2.18. The molecule has 0 heterocycles. The summed E-state index contributed by atoms with van der Waals surface area (Å²) in [6, 6.07) is 4.30. The van der Waals surface area contributed by atoms with E-state index in [9.17, 15) is 9.18 Å². The predicted molar refractivity (Wildman–Crippen MR) is 66.1 cm³/mol. The Labute approximate surface area is 106 Å². The molecule has 0 fully saturated rings. The van der Waals surface area contributed by atoms with Gasteiger partial charge in [-0.1, -0.05) is 13.8 Å². The van der Waals surface area contributed by atoms with Gasteiger partial charge in [-0.25, -0.2) is 9.18 Å². The summed E-state index contributed by atoms with van der Waals surface area (Å²) in [6.45, 7) is 5.81. The summed E-state index contributed by atoms with van der Waals surface area (Å²) in [5, 5.41) is 11.9. The number of nitrogens with one attached hydrogen (secondary N) is 1. The van der Waals surface area contributed by atoms with Gasteiger partial charge in [0, 0.05) is 18.2 Å². The number of halogens is 1. The first-order chi connectivity index (χ1) is 8.40. The summed E-state index contributed by atoms with van der Waals surface area (Å²) in [5.41, 5.74) is 0.608. The van der Waals surface area contributed by atoms with Crippen molar-refractivity contribution in [1.29, 1.82) is 0 Å².